The Kier molecular flexibility index (Phi) is 4.68. The zero-order chi connectivity index (χ0) is 7.28. The van der Waals surface area contributed by atoms with Crippen LogP contribution >= 0.6 is 12.2 Å². The first-order valence-corrected chi connectivity index (χ1v) is 3.77. The van der Waals surface area contributed by atoms with Gasteiger partial charge in [0, 0.05) is 13.1 Å². The third kappa shape index (κ3) is 2.80. The third-order valence-corrected chi connectivity index (χ3v) is 1.92. The molecular weight excluding hydrogens is 130 g/mol. The fourth-order valence-corrected chi connectivity index (χ4v) is 1.06. The molecule has 0 aliphatic carbocycles. The van der Waals surface area contributed by atoms with Gasteiger partial charge in [-0.05, 0) is 12.8 Å². The summed E-state index contributed by atoms with van der Waals surface area (Å²) in [6.45, 7) is 4.33. The van der Waals surface area contributed by atoms with E-state index >= 15 is 0 Å². The minimum absolute atomic E-state index is 0.586. The molecule has 0 aromatic heterocycles. The summed E-state index contributed by atoms with van der Waals surface area (Å²) in [5, 5.41) is 0. The summed E-state index contributed by atoms with van der Waals surface area (Å²) in [7, 11) is 1.98. The summed E-state index contributed by atoms with van der Waals surface area (Å²) < 4.78 is 0. The monoisotopic (exact) mass is 144 g/mol. The molecule has 0 aliphatic heterocycles. The average molecular weight is 144 g/mol. The third-order valence-electron chi connectivity index (χ3n) is 1.63. The second-order valence-electron chi connectivity index (χ2n) is 2.17. The van der Waals surface area contributed by atoms with Crippen LogP contribution in [0.3, 0.4) is 0 Å². The Hall–Kier alpha value is -0.110. The minimum Gasteiger partial charge on any atom is -0.360 e. The molecule has 0 aromatic rings. The van der Waals surface area contributed by atoms with E-state index in [2.05, 4.69) is 31.6 Å². The standard InChI is InChI=1S/C7H14NS/c1-4-7(5-2)8(3)6-9/h7H,4-5H2,1-3H3. The molecular formula is C7H14NS. The Morgan fingerprint density at radius 2 is 1.89 bits per heavy atom. The van der Waals surface area contributed by atoms with Gasteiger partial charge in [-0.2, -0.15) is 0 Å². The summed E-state index contributed by atoms with van der Waals surface area (Å²) in [4.78, 5) is 1.97. The highest BCUT2D eigenvalue weighted by atomic mass is 32.1. The van der Waals surface area contributed by atoms with Crippen molar-refractivity contribution in [2.24, 2.45) is 0 Å². The molecule has 1 radical (unpaired) electrons. The van der Waals surface area contributed by atoms with Crippen LogP contribution in [0.2, 0.25) is 0 Å². The summed E-state index contributed by atoms with van der Waals surface area (Å²) >= 11 is 4.66. The molecule has 0 saturated heterocycles. The zero-order valence-corrected chi connectivity index (χ0v) is 7.16. The van der Waals surface area contributed by atoms with Crippen LogP contribution in [0, 0.1) is 0 Å². The summed E-state index contributed by atoms with van der Waals surface area (Å²) in [6, 6.07) is 0.586. The van der Waals surface area contributed by atoms with Crippen molar-refractivity contribution in [2.75, 3.05) is 7.05 Å². The van der Waals surface area contributed by atoms with Crippen molar-refractivity contribution >= 4 is 17.7 Å². The predicted molar refractivity (Wildman–Crippen MR) is 44.7 cm³/mol. The van der Waals surface area contributed by atoms with E-state index in [1.165, 1.54) is 0 Å². The molecule has 0 spiro atoms. The van der Waals surface area contributed by atoms with E-state index in [9.17, 15) is 0 Å². The fourth-order valence-electron chi connectivity index (χ4n) is 0.911. The Balaban J connectivity index is 3.63. The molecule has 0 N–H and O–H groups in total. The molecule has 0 fully saturated rings. The van der Waals surface area contributed by atoms with E-state index in [-0.39, 0.29) is 0 Å². The molecule has 0 rings (SSSR count). The Morgan fingerprint density at radius 3 is 2.00 bits per heavy atom. The van der Waals surface area contributed by atoms with Gasteiger partial charge in [0.05, 0.1) is 0 Å². The second-order valence-corrected chi connectivity index (χ2v) is 2.36. The van der Waals surface area contributed by atoms with Crippen molar-refractivity contribution < 1.29 is 0 Å². The second kappa shape index (κ2) is 4.74. The summed E-state index contributed by atoms with van der Waals surface area (Å²) in [6.07, 6.45) is 2.30. The molecule has 53 valence electrons. The van der Waals surface area contributed by atoms with Crippen molar-refractivity contribution in [1.29, 1.82) is 0 Å². The lowest BCUT2D eigenvalue weighted by atomic mass is 10.1. The number of hydrogen-bond donors (Lipinski definition) is 0. The number of thiocarbonyl (C=S) groups is 1. The molecule has 9 heavy (non-hydrogen) atoms. The Bertz CT molecular complexity index is 79.0. The maximum atomic E-state index is 4.66. The molecule has 0 aliphatic rings. The van der Waals surface area contributed by atoms with Crippen LogP contribution < -0.4 is 0 Å². The highest BCUT2D eigenvalue weighted by Gasteiger charge is 2.05. The van der Waals surface area contributed by atoms with Gasteiger partial charge < -0.3 is 4.90 Å². The van der Waals surface area contributed by atoms with Crippen LogP contribution in [0.25, 0.3) is 0 Å². The highest BCUT2D eigenvalue weighted by molar-refractivity contribution is 7.78. The molecule has 0 heterocycles. The van der Waals surface area contributed by atoms with Crippen LogP contribution in [0.1, 0.15) is 26.7 Å². The van der Waals surface area contributed by atoms with Crippen molar-refractivity contribution in [3.8, 4) is 0 Å². The van der Waals surface area contributed by atoms with Crippen molar-refractivity contribution in [3.63, 3.8) is 0 Å². The topological polar surface area (TPSA) is 3.24 Å². The van der Waals surface area contributed by atoms with Crippen LogP contribution in [0.5, 0.6) is 0 Å². The van der Waals surface area contributed by atoms with Gasteiger partial charge in [0.25, 0.3) is 0 Å². The van der Waals surface area contributed by atoms with Gasteiger partial charge in [0.2, 0.25) is 0 Å². The van der Waals surface area contributed by atoms with Crippen molar-refractivity contribution in [1.82, 2.24) is 4.90 Å². The van der Waals surface area contributed by atoms with Gasteiger partial charge in [0.15, 0.2) is 0 Å². The van der Waals surface area contributed by atoms with Gasteiger partial charge in [0.1, 0.15) is 5.49 Å². The van der Waals surface area contributed by atoms with E-state index in [1.54, 1.807) is 0 Å². The lowest BCUT2D eigenvalue weighted by Crippen LogP contribution is -2.28. The first-order valence-electron chi connectivity index (χ1n) is 3.36. The molecule has 1 nitrogen and oxygen atoms in total. The Labute approximate surface area is 63.0 Å². The van der Waals surface area contributed by atoms with Crippen LogP contribution in [0.15, 0.2) is 0 Å². The lowest BCUT2D eigenvalue weighted by Gasteiger charge is -2.21. The fraction of sp³-hybridized carbons (Fsp3) is 0.857. The van der Waals surface area contributed by atoms with Gasteiger partial charge in [-0.1, -0.05) is 26.1 Å². The van der Waals surface area contributed by atoms with E-state index in [4.69, 9.17) is 0 Å². The number of rotatable bonds is 4. The van der Waals surface area contributed by atoms with E-state index in [1.807, 2.05) is 11.9 Å². The van der Waals surface area contributed by atoms with E-state index in [0.29, 0.717) is 6.04 Å². The smallest absolute Gasteiger partial charge is 0.136 e. The largest absolute Gasteiger partial charge is 0.360 e. The minimum atomic E-state index is 0.586. The van der Waals surface area contributed by atoms with Gasteiger partial charge in [-0.25, -0.2) is 0 Å². The Morgan fingerprint density at radius 1 is 1.44 bits per heavy atom. The van der Waals surface area contributed by atoms with Crippen molar-refractivity contribution in [3.05, 3.63) is 0 Å². The number of hydrogen-bond acceptors (Lipinski definition) is 1. The molecule has 0 unspecified atom stereocenters. The van der Waals surface area contributed by atoms with Crippen LogP contribution in [0.4, 0.5) is 0 Å². The quantitative estimate of drug-likeness (QED) is 0.438. The maximum Gasteiger partial charge on any atom is 0.136 e. The van der Waals surface area contributed by atoms with E-state index < -0.39 is 0 Å². The molecule has 0 bridgehead atoms. The normalized spacial score (nSPS) is 9.78. The first-order chi connectivity index (χ1) is 4.26. The summed E-state index contributed by atoms with van der Waals surface area (Å²) in [5.41, 5.74) is 2.68. The summed E-state index contributed by atoms with van der Waals surface area (Å²) in [5.74, 6) is 0. The molecule has 0 aromatic carbocycles. The van der Waals surface area contributed by atoms with Crippen molar-refractivity contribution in [2.45, 2.75) is 32.7 Å². The van der Waals surface area contributed by atoms with E-state index in [0.717, 1.165) is 12.8 Å². The molecule has 2 heteroatoms. The molecule has 0 saturated carbocycles. The van der Waals surface area contributed by atoms with Crippen LogP contribution in [-0.2, 0) is 0 Å². The van der Waals surface area contributed by atoms with Gasteiger partial charge in [-0.3, -0.25) is 0 Å². The van der Waals surface area contributed by atoms with Gasteiger partial charge in [-0.15, -0.1) is 0 Å². The maximum absolute atomic E-state index is 4.66. The zero-order valence-electron chi connectivity index (χ0n) is 6.35. The predicted octanol–water partition coefficient (Wildman–Crippen LogP) is 1.94. The van der Waals surface area contributed by atoms with Gasteiger partial charge >= 0.3 is 0 Å². The average Bonchev–Trinajstić information content (AvgIpc) is 1.90. The lowest BCUT2D eigenvalue weighted by molar-refractivity contribution is 0.359. The molecule has 0 amide bonds. The highest BCUT2D eigenvalue weighted by Crippen LogP contribution is 2.02. The molecule has 0 atom stereocenters. The first kappa shape index (κ1) is 8.89. The number of nitrogens with zero attached hydrogens (tertiary/aromatic N) is 1. The van der Waals surface area contributed by atoms with Crippen LogP contribution in [-0.4, -0.2) is 23.5 Å². The SMILES string of the molecule is CCC(CC)N(C)[C]=S.